The van der Waals surface area contributed by atoms with Gasteiger partial charge in [0.1, 0.15) is 11.9 Å². The van der Waals surface area contributed by atoms with E-state index in [0.717, 1.165) is 18.8 Å². The van der Waals surface area contributed by atoms with E-state index < -0.39 is 17.9 Å². The highest BCUT2D eigenvalue weighted by molar-refractivity contribution is 5.83. The van der Waals surface area contributed by atoms with Crippen molar-refractivity contribution >= 4 is 11.7 Å². The average molecular weight is 402 g/mol. The molecule has 0 aromatic carbocycles. The van der Waals surface area contributed by atoms with Gasteiger partial charge in [0.2, 0.25) is 0 Å². The van der Waals surface area contributed by atoms with Crippen LogP contribution >= 0.6 is 0 Å². The van der Waals surface area contributed by atoms with E-state index in [1.807, 2.05) is 11.8 Å². The molecule has 2 aliphatic heterocycles. The van der Waals surface area contributed by atoms with E-state index in [-0.39, 0.29) is 5.91 Å². The maximum Gasteiger partial charge on any atom is 0.417 e. The van der Waals surface area contributed by atoms with Crippen molar-refractivity contribution in [3.05, 3.63) is 23.4 Å². The fourth-order valence-electron chi connectivity index (χ4n) is 2.98. The topological polar surface area (TPSA) is 57.2 Å². The van der Waals surface area contributed by atoms with Crippen LogP contribution in [0.3, 0.4) is 0 Å². The van der Waals surface area contributed by atoms with E-state index in [1.54, 1.807) is 18.7 Å². The number of allylic oxidation sites excluding steroid dienone is 3. The number of alkyl halides is 3. The van der Waals surface area contributed by atoms with Gasteiger partial charge in [-0.25, -0.2) is 4.99 Å². The molecule has 2 saturated heterocycles. The highest BCUT2D eigenvalue weighted by Gasteiger charge is 2.32. The summed E-state index contributed by atoms with van der Waals surface area (Å²) in [6, 6.07) is 0. The van der Waals surface area contributed by atoms with Crippen molar-refractivity contribution in [2.24, 2.45) is 4.99 Å². The summed E-state index contributed by atoms with van der Waals surface area (Å²) in [5.41, 5.74) is -0.120. The van der Waals surface area contributed by atoms with Crippen LogP contribution in [0.1, 0.15) is 27.2 Å². The van der Waals surface area contributed by atoms with Crippen LogP contribution in [-0.2, 0) is 9.53 Å². The number of halogens is 3. The first-order valence-electron chi connectivity index (χ1n) is 9.57. The smallest absolute Gasteiger partial charge is 0.366 e. The number of hydrogen-bond donors (Lipinski definition) is 1. The van der Waals surface area contributed by atoms with Crippen LogP contribution in [0.2, 0.25) is 0 Å². The summed E-state index contributed by atoms with van der Waals surface area (Å²) >= 11 is 0. The average Bonchev–Trinajstić information content (AvgIpc) is 2.70. The fourth-order valence-corrected chi connectivity index (χ4v) is 2.98. The summed E-state index contributed by atoms with van der Waals surface area (Å²) in [5.74, 6) is 0.466. The quantitative estimate of drug-likeness (QED) is 0.446. The Balaban J connectivity index is 1.97. The molecule has 0 bridgehead atoms. The molecular formula is C19H29F3N4O2. The predicted octanol–water partition coefficient (Wildman–Crippen LogP) is 2.34. The van der Waals surface area contributed by atoms with Gasteiger partial charge in [-0.15, -0.1) is 0 Å². The molecule has 2 aliphatic rings. The Bertz CT molecular complexity index is 630. The van der Waals surface area contributed by atoms with Gasteiger partial charge < -0.3 is 19.9 Å². The van der Waals surface area contributed by atoms with Crippen molar-refractivity contribution in [3.8, 4) is 0 Å². The molecule has 0 aliphatic carbocycles. The number of rotatable bonds is 4. The molecule has 0 radical (unpaired) electrons. The number of amides is 1. The van der Waals surface area contributed by atoms with Crippen molar-refractivity contribution in [2.75, 3.05) is 45.9 Å². The lowest BCUT2D eigenvalue weighted by molar-refractivity contribution is -0.146. The standard InChI is InChI=1S/C19H29F3N4O2/c1-4-14(2)11-16(19(20,21)22)12-24-15(3)25-6-8-26(9-7-25)18(27)17-13-23-5-10-28-17/h11-12,17,23H,4-10,13H2,1-3H3/b14-11+,16-12+,24-15?. The molecule has 1 unspecified atom stereocenters. The van der Waals surface area contributed by atoms with E-state index in [2.05, 4.69) is 10.3 Å². The second-order valence-corrected chi connectivity index (χ2v) is 6.98. The molecule has 158 valence electrons. The zero-order chi connectivity index (χ0) is 20.7. The van der Waals surface area contributed by atoms with Crippen LogP contribution in [0.4, 0.5) is 13.2 Å². The van der Waals surface area contributed by atoms with Crippen LogP contribution in [0, 0.1) is 0 Å². The molecule has 2 fully saturated rings. The van der Waals surface area contributed by atoms with Crippen molar-refractivity contribution in [2.45, 2.75) is 39.5 Å². The Hall–Kier alpha value is -1.87. The van der Waals surface area contributed by atoms with Gasteiger partial charge in [0.05, 0.1) is 12.2 Å². The molecule has 0 aromatic heterocycles. The molecule has 0 saturated carbocycles. The Labute approximate surface area is 164 Å². The molecule has 0 spiro atoms. The lowest BCUT2D eigenvalue weighted by Gasteiger charge is -2.37. The second kappa shape index (κ2) is 10.1. The largest absolute Gasteiger partial charge is 0.417 e. The number of carbonyl (C=O) groups excluding carboxylic acids is 1. The fraction of sp³-hybridized carbons (Fsp3) is 0.684. The van der Waals surface area contributed by atoms with Crippen LogP contribution < -0.4 is 5.32 Å². The Morgan fingerprint density at radius 1 is 1.21 bits per heavy atom. The van der Waals surface area contributed by atoms with E-state index in [0.29, 0.717) is 57.2 Å². The summed E-state index contributed by atoms with van der Waals surface area (Å²) < 4.78 is 45.0. The number of amidine groups is 1. The zero-order valence-electron chi connectivity index (χ0n) is 16.7. The summed E-state index contributed by atoms with van der Waals surface area (Å²) in [5, 5.41) is 3.13. The summed E-state index contributed by atoms with van der Waals surface area (Å²) in [4.78, 5) is 20.1. The maximum atomic E-state index is 13.2. The minimum Gasteiger partial charge on any atom is -0.366 e. The minimum atomic E-state index is -4.45. The SMILES string of the molecule is CC/C(C)=C/C(=C\N=C(C)N1CCN(C(=O)C2CNCCO2)CC1)C(F)(F)F. The first-order valence-corrected chi connectivity index (χ1v) is 9.57. The summed E-state index contributed by atoms with van der Waals surface area (Å²) in [6.07, 6.45) is -2.34. The number of carbonyl (C=O) groups is 1. The lowest BCUT2D eigenvalue weighted by Crippen LogP contribution is -2.55. The molecule has 1 atom stereocenters. The Morgan fingerprint density at radius 3 is 2.39 bits per heavy atom. The first kappa shape index (κ1) is 22.4. The monoisotopic (exact) mass is 402 g/mol. The number of piperazine rings is 1. The van der Waals surface area contributed by atoms with E-state index in [4.69, 9.17) is 4.74 Å². The molecule has 0 aromatic rings. The molecule has 2 rings (SSSR count). The van der Waals surface area contributed by atoms with Gasteiger partial charge in [-0.1, -0.05) is 12.5 Å². The number of hydrogen-bond acceptors (Lipinski definition) is 4. The van der Waals surface area contributed by atoms with Crippen molar-refractivity contribution < 1.29 is 22.7 Å². The maximum absolute atomic E-state index is 13.2. The number of ether oxygens (including phenoxy) is 1. The van der Waals surface area contributed by atoms with E-state index >= 15 is 0 Å². The number of nitrogens with one attached hydrogen (secondary N) is 1. The van der Waals surface area contributed by atoms with E-state index in [1.165, 1.54) is 0 Å². The predicted molar refractivity (Wildman–Crippen MR) is 102 cm³/mol. The second-order valence-electron chi connectivity index (χ2n) is 6.98. The van der Waals surface area contributed by atoms with Gasteiger partial charge in [0.25, 0.3) is 5.91 Å². The molecule has 28 heavy (non-hydrogen) atoms. The number of nitrogens with zero attached hydrogens (tertiary/aromatic N) is 3. The van der Waals surface area contributed by atoms with Crippen molar-refractivity contribution in [1.29, 1.82) is 0 Å². The van der Waals surface area contributed by atoms with Gasteiger partial charge >= 0.3 is 6.18 Å². The van der Waals surface area contributed by atoms with Gasteiger partial charge in [0.15, 0.2) is 0 Å². The third-order valence-corrected chi connectivity index (χ3v) is 4.93. The summed E-state index contributed by atoms with van der Waals surface area (Å²) in [6.45, 7) is 8.98. The summed E-state index contributed by atoms with van der Waals surface area (Å²) in [7, 11) is 0. The molecule has 1 amide bonds. The number of aliphatic imine (C=N–C) groups is 1. The Kier molecular flexibility index (Phi) is 8.06. The molecule has 1 N–H and O–H groups in total. The molecule has 6 nitrogen and oxygen atoms in total. The number of morpholine rings is 1. The van der Waals surface area contributed by atoms with Crippen molar-refractivity contribution in [1.82, 2.24) is 15.1 Å². The minimum absolute atomic E-state index is 0.0409. The molecule has 2 heterocycles. The van der Waals surface area contributed by atoms with Gasteiger partial charge in [0, 0.05) is 45.5 Å². The molecular weight excluding hydrogens is 373 g/mol. The molecule has 9 heteroatoms. The third-order valence-electron chi connectivity index (χ3n) is 4.93. The van der Waals surface area contributed by atoms with Gasteiger partial charge in [-0.05, 0) is 26.3 Å². The van der Waals surface area contributed by atoms with Gasteiger partial charge in [-0.2, -0.15) is 13.2 Å². The van der Waals surface area contributed by atoms with Crippen LogP contribution in [0.25, 0.3) is 0 Å². The Morgan fingerprint density at radius 2 is 1.86 bits per heavy atom. The first-order chi connectivity index (χ1) is 13.2. The van der Waals surface area contributed by atoms with E-state index in [9.17, 15) is 18.0 Å². The van der Waals surface area contributed by atoms with Crippen molar-refractivity contribution in [3.63, 3.8) is 0 Å². The zero-order valence-corrected chi connectivity index (χ0v) is 16.7. The van der Waals surface area contributed by atoms with Crippen LogP contribution in [-0.4, -0.2) is 79.7 Å². The third kappa shape index (κ3) is 6.34. The highest BCUT2D eigenvalue weighted by atomic mass is 19.4. The van der Waals surface area contributed by atoms with Crippen LogP contribution in [0.15, 0.2) is 28.4 Å². The highest BCUT2D eigenvalue weighted by Crippen LogP contribution is 2.28. The lowest BCUT2D eigenvalue weighted by atomic mass is 10.1. The van der Waals surface area contributed by atoms with Gasteiger partial charge in [-0.3, -0.25) is 4.79 Å². The van der Waals surface area contributed by atoms with Crippen LogP contribution in [0.5, 0.6) is 0 Å². The normalized spacial score (nSPS) is 23.2.